The molecule has 0 saturated heterocycles. The molecule has 1 atom stereocenters. The Morgan fingerprint density at radius 3 is 2.09 bits per heavy atom. The molecule has 0 amide bonds. The second-order valence-electron chi connectivity index (χ2n) is 11.5. The van der Waals surface area contributed by atoms with Crippen LogP contribution >= 0.6 is 0 Å². The molecule has 0 spiro atoms. The Morgan fingerprint density at radius 1 is 0.721 bits per heavy atom. The summed E-state index contributed by atoms with van der Waals surface area (Å²) in [4.78, 5) is 5.30. The molecule has 1 aliphatic carbocycles. The van der Waals surface area contributed by atoms with E-state index in [2.05, 4.69) is 119 Å². The molecule has 4 aromatic carbocycles. The van der Waals surface area contributed by atoms with Gasteiger partial charge in [0.1, 0.15) is 0 Å². The Kier molecular flexibility index (Phi) is 11.9. The molecule has 0 radical (unpaired) electrons. The van der Waals surface area contributed by atoms with Crippen molar-refractivity contribution in [1.82, 2.24) is 4.98 Å². The standard InChI is InChI=1S/C37H37N3.2CH3.Hf/c1-24(2)29-17-11-18-30(25(3)4)37(29)40-34-21-10-14-27-22-23-32(39-36(27)34)31-19-8-12-26-13-9-20-33(35(26)31)38-28-15-6-5-7-16-28;;;/h5-8,10-12,14-19,21-25,33H,9,13,20H2,1-4H3;2*1H3;/q-2;2*-1;+4. The number of fused-ring (bicyclic) bond motifs is 2. The van der Waals surface area contributed by atoms with Crippen LogP contribution in [0.5, 0.6) is 0 Å². The first-order chi connectivity index (χ1) is 19.5. The predicted octanol–water partition coefficient (Wildman–Crippen LogP) is 12.5. The van der Waals surface area contributed by atoms with Crippen molar-refractivity contribution in [2.24, 2.45) is 0 Å². The molecular weight excluding hydrogens is 689 g/mol. The largest absolute Gasteiger partial charge is 4.00 e. The van der Waals surface area contributed by atoms with Gasteiger partial charge in [-0.1, -0.05) is 149 Å². The van der Waals surface area contributed by atoms with E-state index in [-0.39, 0.29) is 46.7 Å². The number of aromatic nitrogens is 1. The molecule has 43 heavy (non-hydrogen) atoms. The molecule has 3 nitrogen and oxygen atoms in total. The minimum atomic E-state index is 0. The second kappa shape index (κ2) is 15.0. The first-order valence-corrected chi connectivity index (χ1v) is 14.6. The van der Waals surface area contributed by atoms with E-state index in [0.29, 0.717) is 11.8 Å². The van der Waals surface area contributed by atoms with Crippen LogP contribution in [0.2, 0.25) is 0 Å². The van der Waals surface area contributed by atoms with Gasteiger partial charge in [-0.25, -0.2) is 4.98 Å². The Labute approximate surface area is 278 Å². The Morgan fingerprint density at radius 2 is 1.40 bits per heavy atom. The van der Waals surface area contributed by atoms with E-state index in [4.69, 9.17) is 15.6 Å². The first kappa shape index (κ1) is 34.3. The fourth-order valence-corrected chi connectivity index (χ4v) is 6.03. The van der Waals surface area contributed by atoms with Gasteiger partial charge in [-0.15, -0.1) is 17.1 Å². The van der Waals surface area contributed by atoms with Crippen molar-refractivity contribution in [1.29, 1.82) is 0 Å². The first-order valence-electron chi connectivity index (χ1n) is 14.6. The zero-order chi connectivity index (χ0) is 27.6. The smallest absolute Gasteiger partial charge is 0.678 e. The van der Waals surface area contributed by atoms with Gasteiger partial charge < -0.3 is 25.5 Å². The van der Waals surface area contributed by atoms with Gasteiger partial charge in [0, 0.05) is 5.56 Å². The Hall–Kier alpha value is -3.24. The Balaban J connectivity index is 0.00000169. The van der Waals surface area contributed by atoms with Crippen LogP contribution in [0.3, 0.4) is 0 Å². The van der Waals surface area contributed by atoms with Crippen molar-refractivity contribution < 1.29 is 25.8 Å². The molecular formula is C39H43HfN3. The molecule has 0 aliphatic heterocycles. The SMILES string of the molecule is CC(C)c1cccc(C(C)C)c1[N-]c1cccc2ccc(-c3cccc4c3C([N-]c3ccccc3)CCC4)nc12.[CH3-].[CH3-].[Hf+4]. The summed E-state index contributed by atoms with van der Waals surface area (Å²) in [5, 5.41) is 11.6. The van der Waals surface area contributed by atoms with Gasteiger partial charge in [-0.2, -0.15) is 0 Å². The summed E-state index contributed by atoms with van der Waals surface area (Å²) in [6.07, 6.45) is 3.29. The third-order valence-electron chi connectivity index (χ3n) is 8.06. The summed E-state index contributed by atoms with van der Waals surface area (Å²) >= 11 is 0. The third-order valence-corrected chi connectivity index (χ3v) is 8.06. The van der Waals surface area contributed by atoms with E-state index in [9.17, 15) is 0 Å². The van der Waals surface area contributed by atoms with Crippen molar-refractivity contribution >= 4 is 28.0 Å². The molecule has 4 heteroatoms. The van der Waals surface area contributed by atoms with E-state index in [0.717, 1.165) is 52.9 Å². The monoisotopic (exact) mass is 733 g/mol. The number of aryl methyl sites for hydroxylation is 1. The van der Waals surface area contributed by atoms with Crippen LogP contribution < -0.4 is 0 Å². The van der Waals surface area contributed by atoms with Gasteiger partial charge in [0.2, 0.25) is 0 Å². The molecule has 0 saturated carbocycles. The van der Waals surface area contributed by atoms with Crippen LogP contribution in [0, 0.1) is 14.9 Å². The number of pyridine rings is 1. The summed E-state index contributed by atoms with van der Waals surface area (Å²) in [5.74, 6) is 0.772. The van der Waals surface area contributed by atoms with Crippen LogP contribution in [-0.2, 0) is 32.3 Å². The normalized spacial score (nSPS) is 13.9. The van der Waals surface area contributed by atoms with Crippen molar-refractivity contribution in [3.05, 3.63) is 145 Å². The Bertz CT molecular complexity index is 1620. The van der Waals surface area contributed by atoms with Gasteiger partial charge in [0.25, 0.3) is 0 Å². The molecule has 1 aliphatic rings. The molecule has 1 heterocycles. The minimum Gasteiger partial charge on any atom is -0.678 e. The van der Waals surface area contributed by atoms with Crippen molar-refractivity contribution in [3.63, 3.8) is 0 Å². The van der Waals surface area contributed by atoms with E-state index in [1.54, 1.807) is 0 Å². The van der Waals surface area contributed by atoms with Gasteiger partial charge in [-0.3, -0.25) is 0 Å². The maximum absolute atomic E-state index is 5.32. The van der Waals surface area contributed by atoms with E-state index in [1.807, 2.05) is 6.07 Å². The number of rotatable bonds is 7. The molecule has 0 N–H and O–H groups in total. The average Bonchev–Trinajstić information content (AvgIpc) is 2.97. The number of nitrogens with zero attached hydrogens (tertiary/aromatic N) is 3. The van der Waals surface area contributed by atoms with E-state index >= 15 is 0 Å². The van der Waals surface area contributed by atoms with E-state index in [1.165, 1.54) is 27.8 Å². The van der Waals surface area contributed by atoms with Crippen molar-refractivity contribution in [2.75, 3.05) is 0 Å². The van der Waals surface area contributed by atoms with Crippen molar-refractivity contribution in [3.8, 4) is 11.3 Å². The summed E-state index contributed by atoms with van der Waals surface area (Å²) in [6.45, 7) is 8.97. The molecule has 0 bridgehead atoms. The number of para-hydroxylation sites is 3. The second-order valence-corrected chi connectivity index (χ2v) is 11.5. The molecule has 6 rings (SSSR count). The molecule has 1 unspecified atom stereocenters. The fraction of sp³-hybridized carbons (Fsp3) is 0.256. The maximum Gasteiger partial charge on any atom is 4.00 e. The van der Waals surface area contributed by atoms with Crippen LogP contribution in [-0.4, -0.2) is 4.98 Å². The van der Waals surface area contributed by atoms with Crippen LogP contribution in [0.25, 0.3) is 32.8 Å². The maximum atomic E-state index is 5.32. The summed E-state index contributed by atoms with van der Waals surface area (Å²) < 4.78 is 0. The van der Waals surface area contributed by atoms with Crippen molar-refractivity contribution in [2.45, 2.75) is 64.8 Å². The molecule has 0 fully saturated rings. The third kappa shape index (κ3) is 7.12. The zero-order valence-corrected chi connectivity index (χ0v) is 30.0. The summed E-state index contributed by atoms with van der Waals surface area (Å²) in [6, 6.07) is 34.4. The van der Waals surface area contributed by atoms with E-state index < -0.39 is 0 Å². The fourth-order valence-electron chi connectivity index (χ4n) is 6.03. The number of hydrogen-bond donors (Lipinski definition) is 0. The minimum absolute atomic E-state index is 0. The molecule has 218 valence electrons. The van der Waals surface area contributed by atoms with Crippen LogP contribution in [0.1, 0.15) is 80.7 Å². The van der Waals surface area contributed by atoms with Gasteiger partial charge in [-0.05, 0) is 40.8 Å². The van der Waals surface area contributed by atoms with Crippen LogP contribution in [0.15, 0.2) is 97.1 Å². The molecule has 5 aromatic rings. The summed E-state index contributed by atoms with van der Waals surface area (Å²) in [7, 11) is 0. The quantitative estimate of drug-likeness (QED) is 0.121. The summed E-state index contributed by atoms with van der Waals surface area (Å²) in [5.41, 5.74) is 11.4. The number of hydrogen-bond acceptors (Lipinski definition) is 1. The van der Waals surface area contributed by atoms with Crippen LogP contribution in [0.4, 0.5) is 17.1 Å². The van der Waals surface area contributed by atoms with Gasteiger partial charge in [0.05, 0.1) is 11.2 Å². The number of benzene rings is 4. The van der Waals surface area contributed by atoms with Gasteiger partial charge >= 0.3 is 25.8 Å². The zero-order valence-electron chi connectivity index (χ0n) is 26.4. The average molecular weight is 732 g/mol. The van der Waals surface area contributed by atoms with Gasteiger partial charge in [0.15, 0.2) is 0 Å². The molecule has 1 aromatic heterocycles. The predicted molar refractivity (Wildman–Crippen MR) is 182 cm³/mol. The topological polar surface area (TPSA) is 41.1 Å².